The lowest BCUT2D eigenvalue weighted by molar-refractivity contribution is 0.389. The van der Waals surface area contributed by atoms with Gasteiger partial charge in [0.25, 0.3) is 0 Å². The van der Waals surface area contributed by atoms with Gasteiger partial charge in [0.1, 0.15) is 0 Å². The Morgan fingerprint density at radius 2 is 0.739 bits per heavy atom. The van der Waals surface area contributed by atoms with Crippen molar-refractivity contribution in [3.05, 3.63) is 0 Å². The number of hydrogen-bond donors (Lipinski definition) is 1. The zero-order valence-corrected chi connectivity index (χ0v) is 17.4. The van der Waals surface area contributed by atoms with E-state index in [0.717, 1.165) is 0 Å². The van der Waals surface area contributed by atoms with Crippen molar-refractivity contribution in [2.24, 2.45) is 0 Å². The summed E-state index contributed by atoms with van der Waals surface area (Å²) in [6.07, 6.45) is 23.3. The Morgan fingerprint density at radius 1 is 0.478 bits per heavy atom. The summed E-state index contributed by atoms with van der Waals surface area (Å²) in [6, 6.07) is 0. The quantitative estimate of drug-likeness (QED) is 0.277. The van der Waals surface area contributed by atoms with Gasteiger partial charge in [0.05, 0.1) is 0 Å². The van der Waals surface area contributed by atoms with Crippen molar-refractivity contribution in [1.29, 1.82) is 0 Å². The molecule has 0 aromatic rings. The van der Waals surface area contributed by atoms with E-state index in [1.807, 2.05) is 0 Å². The van der Waals surface area contributed by atoms with Crippen LogP contribution in [0.15, 0.2) is 0 Å². The number of unbranched alkanes of at least 4 members (excludes halogenated alkanes) is 15. The number of halogens is 1. The average molecular weight is 351 g/mol. The lowest BCUT2D eigenvalue weighted by Crippen LogP contribution is -2.12. The fraction of sp³-hybridized carbons (Fsp3) is 1.00. The molecule has 3 heteroatoms. The minimum atomic E-state index is 0. The molecule has 0 aromatic heterocycles. The minimum absolute atomic E-state index is 0. The van der Waals surface area contributed by atoms with Crippen molar-refractivity contribution in [1.82, 2.24) is 11.1 Å². The molecule has 0 rings (SSSR count). The molecule has 3 N–H and O–H groups in total. The molecule has 0 heterocycles. The summed E-state index contributed by atoms with van der Waals surface area (Å²) in [5.41, 5.74) is 0. The van der Waals surface area contributed by atoms with Gasteiger partial charge in [-0.1, -0.05) is 103 Å². The van der Waals surface area contributed by atoms with Crippen molar-refractivity contribution >= 4 is 12.4 Å². The zero-order chi connectivity index (χ0) is 15.6. The fourth-order valence-electron chi connectivity index (χ4n) is 2.98. The van der Waals surface area contributed by atoms with Crippen molar-refractivity contribution in [3.63, 3.8) is 0 Å². The van der Waals surface area contributed by atoms with E-state index >= 15 is 0 Å². The summed E-state index contributed by atoms with van der Waals surface area (Å²) in [6.45, 7) is 3.56. The summed E-state index contributed by atoms with van der Waals surface area (Å²) < 4.78 is 0. The first-order valence-corrected chi connectivity index (χ1v) is 9.92. The number of nitrogens with zero attached hydrogens (tertiary/aromatic N) is 1. The van der Waals surface area contributed by atoms with E-state index in [1.54, 1.807) is 0 Å². The van der Waals surface area contributed by atoms with Crippen LogP contribution in [0, 0.1) is 0 Å². The first-order chi connectivity index (χ1) is 10.3. The molecule has 0 aliphatic rings. The normalized spacial score (nSPS) is 10.4. The molecule has 2 nitrogen and oxygen atoms in total. The standard InChI is InChI=1S/C20H43N.ClH.H3N/c1-4-5-6-7-8-9-10-11-12-13-14-15-16-17-18-19-20-21(2)3;;/h4-20H2,1-3H3;1H;1H3. The van der Waals surface area contributed by atoms with Crippen LogP contribution in [-0.2, 0) is 0 Å². The Kier molecular flexibility index (Phi) is 29.8. The number of rotatable bonds is 17. The molecular weight excluding hydrogens is 304 g/mol. The molecule has 0 unspecified atom stereocenters. The Labute approximate surface area is 154 Å². The van der Waals surface area contributed by atoms with E-state index in [4.69, 9.17) is 0 Å². The second-order valence-electron chi connectivity index (χ2n) is 7.11. The highest BCUT2D eigenvalue weighted by molar-refractivity contribution is 5.85. The van der Waals surface area contributed by atoms with Crippen LogP contribution >= 0.6 is 12.4 Å². The van der Waals surface area contributed by atoms with Gasteiger partial charge in [0.15, 0.2) is 0 Å². The average Bonchev–Trinajstić information content (AvgIpc) is 2.46. The van der Waals surface area contributed by atoms with Crippen LogP contribution in [-0.4, -0.2) is 25.5 Å². The highest BCUT2D eigenvalue weighted by Crippen LogP contribution is 2.13. The summed E-state index contributed by atoms with van der Waals surface area (Å²) in [5.74, 6) is 0. The maximum Gasteiger partial charge on any atom is -0.00248 e. The number of hydrogen-bond acceptors (Lipinski definition) is 2. The maximum absolute atomic E-state index is 2.30. The third-order valence-electron chi connectivity index (χ3n) is 4.46. The molecule has 0 aliphatic heterocycles. The molecule has 0 aliphatic carbocycles. The van der Waals surface area contributed by atoms with Crippen LogP contribution in [0.1, 0.15) is 110 Å². The second-order valence-corrected chi connectivity index (χ2v) is 7.11. The Bertz CT molecular complexity index is 186. The smallest absolute Gasteiger partial charge is 0.00248 e. The molecule has 0 atom stereocenters. The molecule has 0 fully saturated rings. The van der Waals surface area contributed by atoms with Gasteiger partial charge in [0, 0.05) is 0 Å². The van der Waals surface area contributed by atoms with Gasteiger partial charge in [-0.3, -0.25) is 0 Å². The van der Waals surface area contributed by atoms with Crippen LogP contribution in [0.5, 0.6) is 0 Å². The SMILES string of the molecule is CCCCCCCCCCCCCCCCCCN(C)C.Cl.N. The third-order valence-corrected chi connectivity index (χ3v) is 4.46. The highest BCUT2D eigenvalue weighted by atomic mass is 35.5. The predicted octanol–water partition coefficient (Wildman–Crippen LogP) is 7.39. The van der Waals surface area contributed by atoms with E-state index in [1.165, 1.54) is 109 Å². The van der Waals surface area contributed by atoms with Crippen molar-refractivity contribution in [2.75, 3.05) is 20.6 Å². The van der Waals surface area contributed by atoms with Crippen molar-refractivity contribution < 1.29 is 0 Å². The largest absolute Gasteiger partial charge is 0.344 e. The van der Waals surface area contributed by atoms with Gasteiger partial charge in [-0.15, -0.1) is 12.4 Å². The van der Waals surface area contributed by atoms with Gasteiger partial charge in [0.2, 0.25) is 0 Å². The first-order valence-electron chi connectivity index (χ1n) is 9.92. The van der Waals surface area contributed by atoms with Crippen molar-refractivity contribution in [2.45, 2.75) is 110 Å². The monoisotopic (exact) mass is 350 g/mol. The molecule has 0 radical (unpaired) electrons. The van der Waals surface area contributed by atoms with Gasteiger partial charge in [-0.05, 0) is 27.1 Å². The lowest BCUT2D eigenvalue weighted by Gasteiger charge is -2.08. The molecule has 0 bridgehead atoms. The molecule has 0 spiro atoms. The predicted molar refractivity (Wildman–Crippen MR) is 110 cm³/mol. The van der Waals surface area contributed by atoms with E-state index in [-0.39, 0.29) is 18.6 Å². The Hall–Kier alpha value is 0.210. The fourth-order valence-corrected chi connectivity index (χ4v) is 2.98. The van der Waals surface area contributed by atoms with E-state index in [0.29, 0.717) is 0 Å². The third kappa shape index (κ3) is 27.4. The topological polar surface area (TPSA) is 38.2 Å². The van der Waals surface area contributed by atoms with Gasteiger partial charge in [-0.2, -0.15) is 0 Å². The summed E-state index contributed by atoms with van der Waals surface area (Å²) >= 11 is 0. The van der Waals surface area contributed by atoms with Gasteiger partial charge < -0.3 is 11.1 Å². The summed E-state index contributed by atoms with van der Waals surface area (Å²) in [5, 5.41) is 0. The maximum atomic E-state index is 2.30. The van der Waals surface area contributed by atoms with E-state index in [2.05, 4.69) is 25.9 Å². The summed E-state index contributed by atoms with van der Waals surface area (Å²) in [7, 11) is 4.34. The van der Waals surface area contributed by atoms with E-state index in [9.17, 15) is 0 Å². The van der Waals surface area contributed by atoms with Crippen LogP contribution < -0.4 is 6.15 Å². The zero-order valence-electron chi connectivity index (χ0n) is 16.6. The van der Waals surface area contributed by atoms with Gasteiger partial charge in [-0.25, -0.2) is 0 Å². The Morgan fingerprint density at radius 3 is 1.00 bits per heavy atom. The Balaban J connectivity index is -0.00000200. The summed E-state index contributed by atoms with van der Waals surface area (Å²) in [4.78, 5) is 2.30. The van der Waals surface area contributed by atoms with Gasteiger partial charge >= 0.3 is 0 Å². The van der Waals surface area contributed by atoms with Crippen LogP contribution in [0.3, 0.4) is 0 Å². The second kappa shape index (κ2) is 24.5. The molecule has 0 aromatic carbocycles. The molecular formula is C20H47ClN2. The molecule has 0 amide bonds. The highest BCUT2D eigenvalue weighted by Gasteiger charge is 1.95. The lowest BCUT2D eigenvalue weighted by atomic mass is 10.0. The first kappa shape index (κ1) is 28.0. The molecule has 23 heavy (non-hydrogen) atoms. The molecule has 0 saturated carbocycles. The minimum Gasteiger partial charge on any atom is -0.344 e. The van der Waals surface area contributed by atoms with Crippen LogP contribution in [0.2, 0.25) is 0 Å². The molecule has 144 valence electrons. The molecule has 0 saturated heterocycles. The van der Waals surface area contributed by atoms with Crippen LogP contribution in [0.25, 0.3) is 0 Å². The van der Waals surface area contributed by atoms with Crippen molar-refractivity contribution in [3.8, 4) is 0 Å². The van der Waals surface area contributed by atoms with Crippen LogP contribution in [0.4, 0.5) is 0 Å². The van der Waals surface area contributed by atoms with E-state index < -0.39 is 0 Å².